The Morgan fingerprint density at radius 1 is 1.59 bits per heavy atom. The van der Waals surface area contributed by atoms with E-state index in [1.54, 1.807) is 6.07 Å². The average molecular weight is 320 g/mol. The number of non-ortho nitro benzene ring substituents is 1. The van der Waals surface area contributed by atoms with Crippen molar-refractivity contribution in [1.82, 2.24) is 0 Å². The predicted octanol–water partition coefficient (Wildman–Crippen LogP) is 3.69. The molecule has 0 aliphatic heterocycles. The molecule has 4 nitrogen and oxygen atoms in total. The summed E-state index contributed by atoms with van der Waals surface area (Å²) in [7, 11) is 0. The molecule has 0 saturated heterocycles. The fourth-order valence-corrected chi connectivity index (χ4v) is 1.95. The van der Waals surface area contributed by atoms with E-state index in [2.05, 4.69) is 35.5 Å². The lowest BCUT2D eigenvalue weighted by atomic mass is 10.1. The van der Waals surface area contributed by atoms with Gasteiger partial charge in [-0.25, -0.2) is 0 Å². The van der Waals surface area contributed by atoms with Gasteiger partial charge in [0.1, 0.15) is 5.75 Å². The standard InChI is InChI=1S/C11H14BrNO3S/c1-2-8(7-17)6-16-11-5-9(13(14)15)3-4-10(11)12/h3-5,8,17H,2,6-7H2,1H3. The van der Waals surface area contributed by atoms with Gasteiger partial charge in [-0.15, -0.1) is 0 Å². The maximum absolute atomic E-state index is 10.6. The molecule has 0 N–H and O–H groups in total. The molecule has 1 aromatic carbocycles. The number of rotatable bonds is 6. The SMILES string of the molecule is CCC(CS)COc1cc([N+](=O)[O-])ccc1Br. The smallest absolute Gasteiger partial charge is 0.273 e. The highest BCUT2D eigenvalue weighted by atomic mass is 79.9. The van der Waals surface area contributed by atoms with Gasteiger partial charge in [-0.05, 0) is 34.2 Å². The molecule has 0 radical (unpaired) electrons. The third-order valence-electron chi connectivity index (χ3n) is 2.44. The Balaban J connectivity index is 2.75. The number of nitro groups is 1. The molecule has 0 saturated carbocycles. The molecule has 6 heteroatoms. The summed E-state index contributed by atoms with van der Waals surface area (Å²) >= 11 is 7.53. The molecule has 0 heterocycles. The first kappa shape index (κ1) is 14.3. The summed E-state index contributed by atoms with van der Waals surface area (Å²) in [4.78, 5) is 10.2. The first-order chi connectivity index (χ1) is 8.08. The van der Waals surface area contributed by atoms with E-state index in [0.29, 0.717) is 18.3 Å². The summed E-state index contributed by atoms with van der Waals surface area (Å²) in [6.45, 7) is 2.58. The second-order valence-corrected chi connectivity index (χ2v) is 4.86. The Morgan fingerprint density at radius 3 is 2.82 bits per heavy atom. The fraction of sp³-hybridized carbons (Fsp3) is 0.455. The van der Waals surface area contributed by atoms with Crippen LogP contribution in [0.25, 0.3) is 0 Å². The Labute approximate surface area is 114 Å². The zero-order valence-corrected chi connectivity index (χ0v) is 11.9. The van der Waals surface area contributed by atoms with Gasteiger partial charge in [-0.2, -0.15) is 12.6 Å². The van der Waals surface area contributed by atoms with Crippen LogP contribution in [0.1, 0.15) is 13.3 Å². The minimum Gasteiger partial charge on any atom is -0.492 e. The van der Waals surface area contributed by atoms with Gasteiger partial charge in [0.2, 0.25) is 0 Å². The van der Waals surface area contributed by atoms with E-state index in [1.165, 1.54) is 12.1 Å². The van der Waals surface area contributed by atoms with E-state index in [-0.39, 0.29) is 5.69 Å². The van der Waals surface area contributed by atoms with Crippen LogP contribution < -0.4 is 4.74 Å². The molecule has 0 fully saturated rings. The maximum atomic E-state index is 10.6. The molecule has 0 aliphatic rings. The van der Waals surface area contributed by atoms with Crippen LogP contribution in [-0.4, -0.2) is 17.3 Å². The van der Waals surface area contributed by atoms with Crippen molar-refractivity contribution in [3.63, 3.8) is 0 Å². The fourth-order valence-electron chi connectivity index (χ4n) is 1.22. The van der Waals surface area contributed by atoms with Crippen molar-refractivity contribution in [3.05, 3.63) is 32.8 Å². The molecule has 0 spiro atoms. The largest absolute Gasteiger partial charge is 0.492 e. The lowest BCUT2D eigenvalue weighted by Gasteiger charge is -2.14. The third kappa shape index (κ3) is 4.20. The van der Waals surface area contributed by atoms with E-state index < -0.39 is 4.92 Å². The quantitative estimate of drug-likeness (QED) is 0.494. The van der Waals surface area contributed by atoms with E-state index in [0.717, 1.165) is 16.6 Å². The van der Waals surface area contributed by atoms with Crippen LogP contribution in [0.3, 0.4) is 0 Å². The molecule has 1 unspecified atom stereocenters. The van der Waals surface area contributed by atoms with Gasteiger partial charge >= 0.3 is 0 Å². The van der Waals surface area contributed by atoms with Crippen LogP contribution >= 0.6 is 28.6 Å². The molecule has 0 aliphatic carbocycles. The second kappa shape index (κ2) is 6.86. The number of nitro benzene ring substituents is 1. The van der Waals surface area contributed by atoms with Gasteiger partial charge in [0.15, 0.2) is 0 Å². The molecule has 0 bridgehead atoms. The van der Waals surface area contributed by atoms with E-state index in [4.69, 9.17) is 4.74 Å². The Kier molecular flexibility index (Phi) is 5.77. The average Bonchev–Trinajstić information content (AvgIpc) is 2.32. The lowest BCUT2D eigenvalue weighted by molar-refractivity contribution is -0.385. The number of hydrogen-bond donors (Lipinski definition) is 1. The van der Waals surface area contributed by atoms with Crippen LogP contribution in [0.2, 0.25) is 0 Å². The summed E-state index contributed by atoms with van der Waals surface area (Å²) in [6.07, 6.45) is 0.968. The van der Waals surface area contributed by atoms with Crippen molar-refractivity contribution in [2.24, 2.45) is 5.92 Å². The first-order valence-electron chi connectivity index (χ1n) is 5.26. The topological polar surface area (TPSA) is 52.4 Å². The highest BCUT2D eigenvalue weighted by Gasteiger charge is 2.12. The summed E-state index contributed by atoms with van der Waals surface area (Å²) in [5.41, 5.74) is 0.0297. The zero-order valence-electron chi connectivity index (χ0n) is 9.43. The van der Waals surface area contributed by atoms with Gasteiger partial charge in [-0.1, -0.05) is 6.92 Å². The van der Waals surface area contributed by atoms with Crippen molar-refractivity contribution in [2.45, 2.75) is 13.3 Å². The molecule has 94 valence electrons. The Morgan fingerprint density at radius 2 is 2.29 bits per heavy atom. The molecular weight excluding hydrogens is 306 g/mol. The number of halogens is 1. The van der Waals surface area contributed by atoms with Crippen molar-refractivity contribution in [2.75, 3.05) is 12.4 Å². The van der Waals surface area contributed by atoms with Gasteiger partial charge in [0.05, 0.1) is 22.1 Å². The highest BCUT2D eigenvalue weighted by Crippen LogP contribution is 2.29. The number of hydrogen-bond acceptors (Lipinski definition) is 4. The highest BCUT2D eigenvalue weighted by molar-refractivity contribution is 9.10. The van der Waals surface area contributed by atoms with Crippen LogP contribution in [-0.2, 0) is 0 Å². The minimum atomic E-state index is -0.435. The maximum Gasteiger partial charge on any atom is 0.273 e. The van der Waals surface area contributed by atoms with Crippen molar-refractivity contribution in [3.8, 4) is 5.75 Å². The van der Waals surface area contributed by atoms with Crippen LogP contribution in [0.4, 0.5) is 5.69 Å². The molecule has 0 amide bonds. The molecular formula is C11H14BrNO3S. The number of thiol groups is 1. The van der Waals surface area contributed by atoms with Crippen molar-refractivity contribution in [1.29, 1.82) is 0 Å². The molecule has 17 heavy (non-hydrogen) atoms. The van der Waals surface area contributed by atoms with Crippen molar-refractivity contribution >= 4 is 34.2 Å². The summed E-state index contributed by atoms with van der Waals surface area (Å²) < 4.78 is 6.29. The van der Waals surface area contributed by atoms with E-state index in [1.807, 2.05) is 0 Å². The molecule has 0 aromatic heterocycles. The molecule has 1 rings (SSSR count). The van der Waals surface area contributed by atoms with Gasteiger partial charge in [0.25, 0.3) is 5.69 Å². The predicted molar refractivity (Wildman–Crippen MR) is 73.9 cm³/mol. The van der Waals surface area contributed by atoms with Crippen molar-refractivity contribution < 1.29 is 9.66 Å². The zero-order chi connectivity index (χ0) is 12.8. The Bertz CT molecular complexity index is 396. The number of nitrogens with zero attached hydrogens (tertiary/aromatic N) is 1. The summed E-state index contributed by atoms with van der Waals surface area (Å²) in [5.74, 6) is 1.59. The molecule has 1 aromatic rings. The lowest BCUT2D eigenvalue weighted by Crippen LogP contribution is -2.12. The number of benzene rings is 1. The van der Waals surface area contributed by atoms with Gasteiger partial charge in [0, 0.05) is 12.0 Å². The Hall–Kier alpha value is -0.750. The van der Waals surface area contributed by atoms with E-state index >= 15 is 0 Å². The normalized spacial score (nSPS) is 12.2. The van der Waals surface area contributed by atoms with Crippen LogP contribution in [0, 0.1) is 16.0 Å². The molecule has 1 atom stereocenters. The third-order valence-corrected chi connectivity index (χ3v) is 3.61. The van der Waals surface area contributed by atoms with Crippen LogP contribution in [0.5, 0.6) is 5.75 Å². The van der Waals surface area contributed by atoms with Gasteiger partial charge in [-0.3, -0.25) is 10.1 Å². The number of ether oxygens (including phenoxy) is 1. The summed E-state index contributed by atoms with van der Waals surface area (Å²) in [6, 6.07) is 4.48. The van der Waals surface area contributed by atoms with E-state index in [9.17, 15) is 10.1 Å². The van der Waals surface area contributed by atoms with Crippen LogP contribution in [0.15, 0.2) is 22.7 Å². The second-order valence-electron chi connectivity index (χ2n) is 3.64. The first-order valence-corrected chi connectivity index (χ1v) is 6.68. The minimum absolute atomic E-state index is 0.0297. The summed E-state index contributed by atoms with van der Waals surface area (Å²) in [5, 5.41) is 10.6. The monoisotopic (exact) mass is 319 g/mol. The van der Waals surface area contributed by atoms with Gasteiger partial charge < -0.3 is 4.74 Å².